The minimum atomic E-state index is -0.660. The zero-order valence-electron chi connectivity index (χ0n) is 14.2. The number of halogens is 1. The van der Waals surface area contributed by atoms with Gasteiger partial charge in [-0.2, -0.15) is 0 Å². The maximum absolute atomic E-state index is 12.3. The molecule has 0 spiro atoms. The Morgan fingerprint density at radius 1 is 1.12 bits per heavy atom. The fourth-order valence-electron chi connectivity index (χ4n) is 2.81. The summed E-state index contributed by atoms with van der Waals surface area (Å²) in [4.78, 5) is 15.4. The summed E-state index contributed by atoms with van der Waals surface area (Å²) < 4.78 is 0. The average Bonchev–Trinajstić information content (AvgIpc) is 3.08. The Labute approximate surface area is 156 Å². The number of hydrogen-bond acceptors (Lipinski definition) is 3. The number of rotatable bonds is 7. The third kappa shape index (κ3) is 4.43. The highest BCUT2D eigenvalue weighted by atomic mass is 35.5. The van der Waals surface area contributed by atoms with E-state index in [2.05, 4.69) is 10.3 Å². The molecule has 1 unspecified atom stereocenters. The third-order valence-electron chi connectivity index (χ3n) is 4.24. The largest absolute Gasteiger partial charge is 0.396 e. The smallest absolute Gasteiger partial charge is 0.267 e. The van der Waals surface area contributed by atoms with Gasteiger partial charge in [0.1, 0.15) is 5.69 Å². The number of aromatic nitrogens is 1. The van der Waals surface area contributed by atoms with Crippen molar-refractivity contribution in [3.63, 3.8) is 0 Å². The quantitative estimate of drug-likeness (QED) is 0.513. The lowest BCUT2D eigenvalue weighted by Gasteiger charge is -2.10. The van der Waals surface area contributed by atoms with E-state index in [1.54, 1.807) is 6.07 Å². The lowest BCUT2D eigenvalue weighted by atomic mass is 10.0. The van der Waals surface area contributed by atoms with Crippen molar-refractivity contribution in [2.75, 3.05) is 13.2 Å². The van der Waals surface area contributed by atoms with Gasteiger partial charge in [0, 0.05) is 29.1 Å². The van der Waals surface area contributed by atoms with Gasteiger partial charge < -0.3 is 20.5 Å². The molecular weight excluding hydrogens is 352 g/mol. The van der Waals surface area contributed by atoms with Crippen molar-refractivity contribution in [2.45, 2.75) is 18.9 Å². The summed E-state index contributed by atoms with van der Waals surface area (Å²) >= 11 is 5.93. The molecule has 136 valence electrons. The van der Waals surface area contributed by atoms with Crippen molar-refractivity contribution >= 4 is 28.4 Å². The van der Waals surface area contributed by atoms with Crippen molar-refractivity contribution in [3.05, 3.63) is 59.2 Å². The molecule has 5 nitrogen and oxygen atoms in total. The maximum Gasteiger partial charge on any atom is 0.267 e. The SMILES string of the molecule is O=C(NCC(O)CCCO)c1cc2ccc(-c3ccc(Cl)cc3)cc2[nH]1. The highest BCUT2D eigenvalue weighted by molar-refractivity contribution is 6.30. The number of aliphatic hydroxyl groups excluding tert-OH is 2. The van der Waals surface area contributed by atoms with Crippen LogP contribution >= 0.6 is 11.6 Å². The average molecular weight is 373 g/mol. The van der Waals surface area contributed by atoms with Crippen molar-refractivity contribution in [3.8, 4) is 11.1 Å². The van der Waals surface area contributed by atoms with E-state index < -0.39 is 6.10 Å². The number of nitrogens with one attached hydrogen (secondary N) is 2. The molecule has 6 heteroatoms. The predicted octanol–water partition coefficient (Wildman–Crippen LogP) is 3.35. The molecule has 3 aromatic rings. The Morgan fingerprint density at radius 3 is 2.58 bits per heavy atom. The van der Waals surface area contributed by atoms with E-state index in [0.29, 0.717) is 23.6 Å². The van der Waals surface area contributed by atoms with Crippen molar-refractivity contribution < 1.29 is 15.0 Å². The molecule has 1 atom stereocenters. The van der Waals surface area contributed by atoms with E-state index >= 15 is 0 Å². The van der Waals surface area contributed by atoms with Gasteiger partial charge in [0.2, 0.25) is 0 Å². The molecule has 0 saturated carbocycles. The number of benzene rings is 2. The fraction of sp³-hybridized carbons (Fsp3) is 0.250. The van der Waals surface area contributed by atoms with Gasteiger partial charge in [-0.1, -0.05) is 35.9 Å². The molecule has 0 aliphatic rings. The van der Waals surface area contributed by atoms with Crippen LogP contribution in [0.3, 0.4) is 0 Å². The Hall–Kier alpha value is -2.34. The summed E-state index contributed by atoms with van der Waals surface area (Å²) in [5.74, 6) is -0.266. The van der Waals surface area contributed by atoms with Gasteiger partial charge in [-0.3, -0.25) is 4.79 Å². The molecule has 0 saturated heterocycles. The molecule has 0 aliphatic carbocycles. The third-order valence-corrected chi connectivity index (χ3v) is 4.49. The second-order valence-electron chi connectivity index (χ2n) is 6.22. The first-order valence-electron chi connectivity index (χ1n) is 8.52. The zero-order valence-corrected chi connectivity index (χ0v) is 15.0. The number of aromatic amines is 1. The van der Waals surface area contributed by atoms with Crippen molar-refractivity contribution in [2.24, 2.45) is 0 Å². The number of aliphatic hydroxyl groups is 2. The summed E-state index contributed by atoms with van der Waals surface area (Å²) in [6, 6.07) is 15.3. The van der Waals surface area contributed by atoms with Crippen molar-refractivity contribution in [1.82, 2.24) is 10.3 Å². The molecule has 26 heavy (non-hydrogen) atoms. The normalized spacial score (nSPS) is 12.3. The van der Waals surface area contributed by atoms with Gasteiger partial charge in [0.15, 0.2) is 0 Å². The van der Waals surface area contributed by atoms with Gasteiger partial charge in [-0.25, -0.2) is 0 Å². The molecule has 0 fully saturated rings. The van der Waals surface area contributed by atoms with Crippen LogP contribution < -0.4 is 5.32 Å². The summed E-state index contributed by atoms with van der Waals surface area (Å²) in [7, 11) is 0. The molecule has 0 aliphatic heterocycles. The van der Waals surface area contributed by atoms with Gasteiger partial charge in [0.05, 0.1) is 6.10 Å². The number of H-pyrrole nitrogens is 1. The van der Waals surface area contributed by atoms with Crippen LogP contribution in [0.25, 0.3) is 22.0 Å². The lowest BCUT2D eigenvalue weighted by Crippen LogP contribution is -2.32. The van der Waals surface area contributed by atoms with Crippen LogP contribution in [0, 0.1) is 0 Å². The van der Waals surface area contributed by atoms with Gasteiger partial charge in [0.25, 0.3) is 5.91 Å². The predicted molar refractivity (Wildman–Crippen MR) is 103 cm³/mol. The van der Waals surface area contributed by atoms with E-state index in [0.717, 1.165) is 22.0 Å². The van der Waals surface area contributed by atoms with Crippen LogP contribution in [-0.2, 0) is 0 Å². The molecule has 0 bridgehead atoms. The number of hydrogen-bond donors (Lipinski definition) is 4. The van der Waals surface area contributed by atoms with E-state index in [4.69, 9.17) is 16.7 Å². The number of carbonyl (C=O) groups is 1. The van der Waals surface area contributed by atoms with E-state index in [1.807, 2.05) is 42.5 Å². The second kappa shape index (κ2) is 8.36. The Morgan fingerprint density at radius 2 is 1.85 bits per heavy atom. The number of carbonyl (C=O) groups excluding carboxylic acids is 1. The van der Waals surface area contributed by atoms with Crippen LogP contribution in [0.1, 0.15) is 23.3 Å². The number of amides is 1. The van der Waals surface area contributed by atoms with Crippen LogP contribution in [-0.4, -0.2) is 40.4 Å². The molecule has 2 aromatic carbocycles. The van der Waals surface area contributed by atoms with Crippen LogP contribution in [0.4, 0.5) is 0 Å². The maximum atomic E-state index is 12.3. The van der Waals surface area contributed by atoms with E-state index in [1.165, 1.54) is 0 Å². The standard InChI is InChI=1S/C20H21ClN2O3/c21-16-7-5-13(6-8-16)14-3-4-15-11-19(23-18(15)10-14)20(26)22-12-17(25)2-1-9-24/h3-8,10-11,17,23-25H,1-2,9,12H2,(H,22,26). The summed E-state index contributed by atoms with van der Waals surface area (Å²) in [5.41, 5.74) is 3.39. The summed E-state index contributed by atoms with van der Waals surface area (Å²) in [6.07, 6.45) is 0.303. The molecule has 4 N–H and O–H groups in total. The molecule has 1 heterocycles. The Kier molecular flexibility index (Phi) is 5.93. The van der Waals surface area contributed by atoms with Gasteiger partial charge in [-0.05, 0) is 48.2 Å². The molecule has 1 aromatic heterocycles. The highest BCUT2D eigenvalue weighted by Crippen LogP contribution is 2.26. The monoisotopic (exact) mass is 372 g/mol. The van der Waals surface area contributed by atoms with Crippen molar-refractivity contribution in [1.29, 1.82) is 0 Å². The molecule has 1 amide bonds. The summed E-state index contributed by atoms with van der Waals surface area (Å²) in [5, 5.41) is 22.8. The van der Waals surface area contributed by atoms with E-state index in [9.17, 15) is 9.90 Å². The van der Waals surface area contributed by atoms with Crippen LogP contribution in [0.15, 0.2) is 48.5 Å². The molecule has 0 radical (unpaired) electrons. The van der Waals surface area contributed by atoms with Gasteiger partial charge >= 0.3 is 0 Å². The van der Waals surface area contributed by atoms with Crippen LogP contribution in [0.5, 0.6) is 0 Å². The lowest BCUT2D eigenvalue weighted by molar-refractivity contribution is 0.0900. The minimum Gasteiger partial charge on any atom is -0.396 e. The molecular formula is C20H21ClN2O3. The van der Waals surface area contributed by atoms with Crippen LogP contribution in [0.2, 0.25) is 5.02 Å². The first-order valence-corrected chi connectivity index (χ1v) is 8.90. The van der Waals surface area contributed by atoms with Gasteiger partial charge in [-0.15, -0.1) is 0 Å². The topological polar surface area (TPSA) is 85.3 Å². The second-order valence-corrected chi connectivity index (χ2v) is 6.66. The minimum absolute atomic E-state index is 0.0307. The highest BCUT2D eigenvalue weighted by Gasteiger charge is 2.12. The first-order chi connectivity index (χ1) is 12.6. The Bertz CT molecular complexity index is 890. The Balaban J connectivity index is 1.72. The van der Waals surface area contributed by atoms with E-state index in [-0.39, 0.29) is 19.1 Å². The molecule has 3 rings (SSSR count). The zero-order chi connectivity index (χ0) is 18.5. The first kappa shape index (κ1) is 18.5. The number of fused-ring (bicyclic) bond motifs is 1. The fourth-order valence-corrected chi connectivity index (χ4v) is 2.93. The summed E-state index contributed by atoms with van der Waals surface area (Å²) in [6.45, 7) is 0.188.